The molecule has 0 unspecified atom stereocenters. The number of rotatable bonds is 13. The summed E-state index contributed by atoms with van der Waals surface area (Å²) in [5.74, 6) is 0.186. The third-order valence-electron chi connectivity index (χ3n) is 2.60. The summed E-state index contributed by atoms with van der Waals surface area (Å²) < 4.78 is 0. The Morgan fingerprint density at radius 1 is 0.773 bits per heavy atom. The number of hydrogen-bond acceptors (Lipinski definition) is 2. The van der Waals surface area contributed by atoms with E-state index in [9.17, 15) is 4.79 Å². The van der Waals surface area contributed by atoms with Gasteiger partial charge in [-0.15, -0.1) is 11.8 Å². The molecule has 22 heavy (non-hydrogen) atoms. The highest BCUT2D eigenvalue weighted by Crippen LogP contribution is 2.00. The lowest BCUT2D eigenvalue weighted by molar-refractivity contribution is -0.133. The minimum absolute atomic E-state index is 0.175. The number of allylic oxidation sites excluding steroid dienone is 9. The minimum Gasteiger partial charge on any atom is -0.481 e. The molecule has 0 fully saturated rings. The van der Waals surface area contributed by atoms with Gasteiger partial charge in [-0.2, -0.15) is 0 Å². The van der Waals surface area contributed by atoms with Crippen molar-refractivity contribution in [2.45, 2.75) is 39.0 Å². The highest BCUT2D eigenvalue weighted by Gasteiger charge is 1.92. The lowest BCUT2D eigenvalue weighted by Crippen LogP contribution is -1.97. The van der Waals surface area contributed by atoms with E-state index in [4.69, 9.17) is 5.11 Å². The summed E-state index contributed by atoms with van der Waals surface area (Å²) in [4.78, 5) is 10.3. The Bertz CT molecular complexity index is 404. The van der Waals surface area contributed by atoms with E-state index < -0.39 is 5.97 Å². The predicted molar refractivity (Wildman–Crippen MR) is 99.4 cm³/mol. The maximum Gasteiger partial charge on any atom is 0.313 e. The van der Waals surface area contributed by atoms with Gasteiger partial charge in [0.1, 0.15) is 0 Å². The van der Waals surface area contributed by atoms with Crippen LogP contribution >= 0.6 is 11.8 Å². The first kappa shape index (κ1) is 20.5. The Balaban J connectivity index is 3.46. The molecular weight excluding hydrogens is 292 g/mol. The summed E-state index contributed by atoms with van der Waals surface area (Å²) in [6.45, 7) is 2.14. The van der Waals surface area contributed by atoms with Crippen LogP contribution in [0.4, 0.5) is 0 Å². The molecular formula is C19H28O2S. The van der Waals surface area contributed by atoms with Crippen LogP contribution in [0.15, 0.2) is 60.8 Å². The quantitative estimate of drug-likeness (QED) is 0.357. The normalized spacial score (nSPS) is 12.8. The molecule has 0 aliphatic heterocycles. The fourth-order valence-corrected chi connectivity index (χ4v) is 2.10. The molecule has 0 aliphatic carbocycles. The van der Waals surface area contributed by atoms with Crippen LogP contribution in [0.2, 0.25) is 0 Å². The van der Waals surface area contributed by atoms with Crippen LogP contribution < -0.4 is 0 Å². The molecule has 0 amide bonds. The summed E-state index contributed by atoms with van der Waals surface area (Å²) in [6.07, 6.45) is 26.5. The zero-order valence-corrected chi connectivity index (χ0v) is 14.3. The number of thioether (sulfide) groups is 1. The second kappa shape index (κ2) is 17.6. The lowest BCUT2D eigenvalue weighted by Gasteiger charge is -1.90. The maximum absolute atomic E-state index is 10.3. The van der Waals surface area contributed by atoms with Gasteiger partial charge in [-0.25, -0.2) is 0 Å². The van der Waals surface area contributed by atoms with Crippen molar-refractivity contribution in [1.29, 1.82) is 0 Å². The topological polar surface area (TPSA) is 37.3 Å². The number of carboxylic acids is 1. The van der Waals surface area contributed by atoms with Crippen molar-refractivity contribution in [1.82, 2.24) is 0 Å². The van der Waals surface area contributed by atoms with Gasteiger partial charge in [0.25, 0.3) is 0 Å². The van der Waals surface area contributed by atoms with Gasteiger partial charge in [0, 0.05) is 5.75 Å². The molecule has 0 heterocycles. The molecule has 0 rings (SSSR count). The van der Waals surface area contributed by atoms with E-state index in [0.29, 0.717) is 0 Å². The Labute approximate surface area is 139 Å². The number of carbonyl (C=O) groups is 1. The van der Waals surface area contributed by atoms with Crippen molar-refractivity contribution in [3.8, 4) is 0 Å². The summed E-state index contributed by atoms with van der Waals surface area (Å²) >= 11 is 1.41. The molecule has 0 radical (unpaired) electrons. The summed E-state index contributed by atoms with van der Waals surface area (Å²) in [5.41, 5.74) is 0. The first-order valence-electron chi connectivity index (χ1n) is 7.81. The monoisotopic (exact) mass is 320 g/mol. The van der Waals surface area contributed by atoms with Crippen LogP contribution in [0, 0.1) is 0 Å². The van der Waals surface area contributed by atoms with Gasteiger partial charge in [0.05, 0.1) is 5.75 Å². The van der Waals surface area contributed by atoms with Crippen molar-refractivity contribution in [2.24, 2.45) is 0 Å². The van der Waals surface area contributed by atoms with Crippen LogP contribution in [-0.4, -0.2) is 22.6 Å². The first-order chi connectivity index (χ1) is 10.8. The molecule has 2 nitrogen and oxygen atoms in total. The fraction of sp³-hybridized carbons (Fsp3) is 0.421. The summed E-state index contributed by atoms with van der Waals surface area (Å²) in [6, 6.07) is 0. The standard InChI is InChI=1S/C19H28O2S/c1-2-3-4-5-6-7-8-9-10-11-12-13-14-15-16-17-22-18-19(20)21/h3-4,6-7,9-10,12-13,15-16H,2,5,8,11,14,17-18H2,1H3,(H,20,21). The van der Waals surface area contributed by atoms with Crippen molar-refractivity contribution in [3.05, 3.63) is 60.8 Å². The zero-order chi connectivity index (χ0) is 16.3. The minimum atomic E-state index is -0.752. The maximum atomic E-state index is 10.3. The van der Waals surface area contributed by atoms with Crippen molar-refractivity contribution in [2.75, 3.05) is 11.5 Å². The summed E-state index contributed by atoms with van der Waals surface area (Å²) in [5, 5.41) is 8.47. The second-order valence-electron chi connectivity index (χ2n) is 4.62. The van der Waals surface area contributed by atoms with Gasteiger partial charge in [-0.1, -0.05) is 67.7 Å². The Kier molecular flexibility index (Phi) is 16.4. The highest BCUT2D eigenvalue weighted by atomic mass is 32.2. The first-order valence-corrected chi connectivity index (χ1v) is 8.97. The van der Waals surface area contributed by atoms with Crippen LogP contribution in [0.25, 0.3) is 0 Å². The molecule has 0 saturated carbocycles. The van der Waals surface area contributed by atoms with Crippen LogP contribution in [-0.2, 0) is 4.79 Å². The van der Waals surface area contributed by atoms with Gasteiger partial charge in [0.15, 0.2) is 0 Å². The second-order valence-corrected chi connectivity index (χ2v) is 5.65. The van der Waals surface area contributed by atoms with Crippen LogP contribution in [0.5, 0.6) is 0 Å². The molecule has 0 aliphatic rings. The Morgan fingerprint density at radius 3 is 1.59 bits per heavy atom. The fourth-order valence-electron chi connectivity index (χ4n) is 1.53. The summed E-state index contributed by atoms with van der Waals surface area (Å²) in [7, 11) is 0. The Morgan fingerprint density at radius 2 is 1.18 bits per heavy atom. The largest absolute Gasteiger partial charge is 0.481 e. The molecule has 0 aromatic rings. The smallest absolute Gasteiger partial charge is 0.313 e. The van der Waals surface area contributed by atoms with Crippen molar-refractivity contribution >= 4 is 17.7 Å². The van der Waals surface area contributed by atoms with Crippen LogP contribution in [0.1, 0.15) is 39.0 Å². The Hall–Kier alpha value is -1.48. The van der Waals surface area contributed by atoms with Crippen molar-refractivity contribution in [3.63, 3.8) is 0 Å². The average molecular weight is 320 g/mol. The van der Waals surface area contributed by atoms with Crippen LogP contribution in [0.3, 0.4) is 0 Å². The molecule has 1 N–H and O–H groups in total. The molecule has 122 valence electrons. The van der Waals surface area contributed by atoms with Gasteiger partial charge >= 0.3 is 5.97 Å². The van der Waals surface area contributed by atoms with Gasteiger partial charge in [-0.3, -0.25) is 4.79 Å². The predicted octanol–water partition coefficient (Wildman–Crippen LogP) is 5.56. The lowest BCUT2D eigenvalue weighted by atomic mass is 10.2. The molecule has 3 heteroatoms. The van der Waals surface area contributed by atoms with E-state index in [2.05, 4.69) is 61.6 Å². The van der Waals surface area contributed by atoms with E-state index >= 15 is 0 Å². The van der Waals surface area contributed by atoms with E-state index in [-0.39, 0.29) is 5.75 Å². The number of aliphatic carboxylic acids is 1. The van der Waals surface area contributed by atoms with Gasteiger partial charge < -0.3 is 5.11 Å². The van der Waals surface area contributed by atoms with Crippen molar-refractivity contribution < 1.29 is 9.90 Å². The van der Waals surface area contributed by atoms with Gasteiger partial charge in [0.2, 0.25) is 0 Å². The molecule has 0 atom stereocenters. The van der Waals surface area contributed by atoms with E-state index in [1.165, 1.54) is 11.8 Å². The molecule has 0 spiro atoms. The third-order valence-corrected chi connectivity index (χ3v) is 3.48. The molecule has 0 aromatic carbocycles. The van der Waals surface area contributed by atoms with E-state index in [1.54, 1.807) is 0 Å². The number of hydrogen-bond donors (Lipinski definition) is 1. The van der Waals surface area contributed by atoms with Gasteiger partial charge in [-0.05, 0) is 32.1 Å². The highest BCUT2D eigenvalue weighted by molar-refractivity contribution is 8.00. The number of carboxylic acid groups (broad SMARTS) is 1. The molecule has 0 bridgehead atoms. The molecule has 0 saturated heterocycles. The third kappa shape index (κ3) is 18.5. The SMILES string of the molecule is CCC=CCC=CCC=CCC=CCC=CCSCC(=O)O. The van der Waals surface area contributed by atoms with E-state index in [0.717, 1.165) is 37.9 Å². The molecule has 0 aromatic heterocycles. The zero-order valence-electron chi connectivity index (χ0n) is 13.5. The average Bonchev–Trinajstić information content (AvgIpc) is 2.50. The van der Waals surface area contributed by atoms with E-state index in [1.807, 2.05) is 6.08 Å².